The van der Waals surface area contributed by atoms with E-state index in [0.29, 0.717) is 11.3 Å². The van der Waals surface area contributed by atoms with Gasteiger partial charge in [-0.1, -0.05) is 0 Å². The van der Waals surface area contributed by atoms with E-state index in [0.717, 1.165) is 24.3 Å². The molecule has 0 saturated carbocycles. The van der Waals surface area contributed by atoms with Gasteiger partial charge in [-0.05, 0) is 28.8 Å². The molecule has 0 saturated heterocycles. The number of nitrogens with zero attached hydrogens (tertiary/aromatic N) is 4. The molecule has 0 fully saturated rings. The monoisotopic (exact) mass is 259 g/mol. The van der Waals surface area contributed by atoms with Gasteiger partial charge in [0.2, 0.25) is 0 Å². The van der Waals surface area contributed by atoms with Gasteiger partial charge >= 0.3 is 0 Å². The lowest BCUT2D eigenvalue weighted by Gasteiger charge is -2.02. The molecule has 0 aliphatic carbocycles. The highest BCUT2D eigenvalue weighted by Crippen LogP contribution is 2.16. The molecule has 92 valence electrons. The zero-order valence-corrected chi connectivity index (χ0v) is 10.8. The molecule has 0 bridgehead atoms. The fourth-order valence-corrected chi connectivity index (χ4v) is 2.58. The molecule has 18 heavy (non-hydrogen) atoms. The lowest BCUT2D eigenvalue weighted by Crippen LogP contribution is -2.03. The van der Waals surface area contributed by atoms with Gasteiger partial charge in [0.15, 0.2) is 11.5 Å². The van der Waals surface area contributed by atoms with Crippen LogP contribution < -0.4 is 5.73 Å². The maximum Gasteiger partial charge on any atom is 0.165 e. The molecule has 0 amide bonds. The second kappa shape index (κ2) is 4.38. The topological polar surface area (TPSA) is 69.6 Å². The first-order valence-corrected chi connectivity index (χ1v) is 6.63. The highest BCUT2D eigenvalue weighted by molar-refractivity contribution is 7.07. The van der Waals surface area contributed by atoms with Crippen LogP contribution in [0.4, 0.5) is 5.82 Å². The first-order chi connectivity index (χ1) is 8.74. The molecule has 3 aromatic heterocycles. The van der Waals surface area contributed by atoms with E-state index in [1.807, 2.05) is 11.6 Å². The molecule has 3 aromatic rings. The summed E-state index contributed by atoms with van der Waals surface area (Å²) in [5.41, 5.74) is 8.68. The molecule has 0 aromatic carbocycles. The highest BCUT2D eigenvalue weighted by Gasteiger charge is 2.09. The number of hydrogen-bond donors (Lipinski definition) is 1. The van der Waals surface area contributed by atoms with Crippen molar-refractivity contribution in [2.24, 2.45) is 7.05 Å². The molecule has 5 nitrogen and oxygen atoms in total. The summed E-state index contributed by atoms with van der Waals surface area (Å²) in [5, 5.41) is 4.22. The maximum atomic E-state index is 5.89. The third-order valence-corrected chi connectivity index (χ3v) is 3.58. The largest absolute Gasteiger partial charge is 0.382 e. The van der Waals surface area contributed by atoms with Gasteiger partial charge in [0.05, 0.1) is 6.33 Å². The number of imidazole rings is 1. The Hall–Kier alpha value is -1.95. The van der Waals surface area contributed by atoms with Crippen LogP contribution in [0.25, 0.3) is 11.2 Å². The minimum Gasteiger partial charge on any atom is -0.382 e. The van der Waals surface area contributed by atoms with E-state index in [1.165, 1.54) is 5.56 Å². The fraction of sp³-hybridized carbons (Fsp3) is 0.250. The Kier molecular flexibility index (Phi) is 2.71. The van der Waals surface area contributed by atoms with E-state index in [4.69, 9.17) is 5.73 Å². The Labute approximate surface area is 108 Å². The van der Waals surface area contributed by atoms with Crippen LogP contribution in [0.15, 0.2) is 23.2 Å². The summed E-state index contributed by atoms with van der Waals surface area (Å²) in [7, 11) is 1.91. The minimum absolute atomic E-state index is 0.459. The van der Waals surface area contributed by atoms with Crippen LogP contribution in [0.3, 0.4) is 0 Å². The molecule has 0 aliphatic rings. The number of aryl methyl sites for hydroxylation is 3. The van der Waals surface area contributed by atoms with Crippen molar-refractivity contribution in [2.75, 3.05) is 5.73 Å². The number of aromatic nitrogens is 4. The molecule has 0 unspecified atom stereocenters. The average Bonchev–Trinajstić information content (AvgIpc) is 2.98. The zero-order chi connectivity index (χ0) is 12.5. The summed E-state index contributed by atoms with van der Waals surface area (Å²) in [6.45, 7) is 0. The lowest BCUT2D eigenvalue weighted by atomic mass is 10.2. The number of thiophene rings is 1. The van der Waals surface area contributed by atoms with Crippen molar-refractivity contribution in [1.82, 2.24) is 19.5 Å². The summed E-state index contributed by atoms with van der Waals surface area (Å²) in [6.07, 6.45) is 3.44. The van der Waals surface area contributed by atoms with E-state index in [1.54, 1.807) is 17.7 Å². The molecule has 2 N–H and O–H groups in total. The van der Waals surface area contributed by atoms with Gasteiger partial charge in [-0.2, -0.15) is 11.3 Å². The number of nitrogen functional groups attached to an aromatic ring is 1. The first-order valence-electron chi connectivity index (χ1n) is 5.68. The Balaban J connectivity index is 1.90. The van der Waals surface area contributed by atoms with E-state index in [9.17, 15) is 0 Å². The van der Waals surface area contributed by atoms with Crippen molar-refractivity contribution in [3.8, 4) is 0 Å². The number of nitrogens with two attached hydrogens (primary N) is 1. The second-order valence-electron chi connectivity index (χ2n) is 4.18. The third kappa shape index (κ3) is 1.95. The highest BCUT2D eigenvalue weighted by atomic mass is 32.1. The fourth-order valence-electron chi connectivity index (χ4n) is 1.88. The molecule has 0 radical (unpaired) electrons. The Bertz CT molecular complexity index is 671. The SMILES string of the molecule is Cn1cnc2c(N)nc(CCc3ccsc3)nc21. The molecule has 3 heterocycles. The van der Waals surface area contributed by atoms with Crippen molar-refractivity contribution in [1.29, 1.82) is 0 Å². The summed E-state index contributed by atoms with van der Waals surface area (Å²) in [5.74, 6) is 1.23. The van der Waals surface area contributed by atoms with E-state index >= 15 is 0 Å². The Morgan fingerprint density at radius 1 is 1.33 bits per heavy atom. The van der Waals surface area contributed by atoms with Crippen LogP contribution in [0.5, 0.6) is 0 Å². The van der Waals surface area contributed by atoms with Crippen LogP contribution in [0.2, 0.25) is 0 Å². The van der Waals surface area contributed by atoms with Crippen molar-refractivity contribution in [2.45, 2.75) is 12.8 Å². The summed E-state index contributed by atoms with van der Waals surface area (Å²) in [4.78, 5) is 13.0. The number of hydrogen-bond acceptors (Lipinski definition) is 5. The van der Waals surface area contributed by atoms with Gasteiger partial charge in [0.1, 0.15) is 11.3 Å². The number of fused-ring (bicyclic) bond motifs is 1. The van der Waals surface area contributed by atoms with Crippen molar-refractivity contribution in [3.05, 3.63) is 34.5 Å². The van der Waals surface area contributed by atoms with Gasteiger partial charge in [-0.25, -0.2) is 15.0 Å². The predicted octanol–water partition coefficient (Wildman–Crippen LogP) is 1.79. The van der Waals surface area contributed by atoms with E-state index in [-0.39, 0.29) is 0 Å². The molecular formula is C12H13N5S. The van der Waals surface area contributed by atoms with E-state index in [2.05, 4.69) is 31.8 Å². The van der Waals surface area contributed by atoms with Crippen LogP contribution in [-0.4, -0.2) is 19.5 Å². The lowest BCUT2D eigenvalue weighted by molar-refractivity contribution is 0.855. The van der Waals surface area contributed by atoms with Crippen LogP contribution in [0, 0.1) is 0 Å². The second-order valence-corrected chi connectivity index (χ2v) is 4.96. The summed E-state index contributed by atoms with van der Waals surface area (Å²) in [6, 6.07) is 2.12. The van der Waals surface area contributed by atoms with Crippen molar-refractivity contribution in [3.63, 3.8) is 0 Å². The summed E-state index contributed by atoms with van der Waals surface area (Å²) < 4.78 is 1.86. The van der Waals surface area contributed by atoms with Gasteiger partial charge in [-0.15, -0.1) is 0 Å². The standard InChI is InChI=1S/C12H13N5S/c1-17-7-14-10-11(13)15-9(16-12(10)17)3-2-8-4-5-18-6-8/h4-7H,2-3H2,1H3,(H2,13,15,16). The maximum absolute atomic E-state index is 5.89. The van der Waals surface area contributed by atoms with Crippen LogP contribution in [-0.2, 0) is 19.9 Å². The number of anilines is 1. The molecule has 6 heteroatoms. The van der Waals surface area contributed by atoms with Gasteiger partial charge in [0.25, 0.3) is 0 Å². The minimum atomic E-state index is 0.459. The quantitative estimate of drug-likeness (QED) is 0.778. The average molecular weight is 259 g/mol. The van der Waals surface area contributed by atoms with Gasteiger partial charge in [-0.3, -0.25) is 0 Å². The van der Waals surface area contributed by atoms with Crippen molar-refractivity contribution < 1.29 is 0 Å². The van der Waals surface area contributed by atoms with Gasteiger partial charge in [0, 0.05) is 13.5 Å². The summed E-state index contributed by atoms with van der Waals surface area (Å²) >= 11 is 1.70. The Morgan fingerprint density at radius 2 is 2.22 bits per heavy atom. The smallest absolute Gasteiger partial charge is 0.165 e. The van der Waals surface area contributed by atoms with Crippen molar-refractivity contribution >= 4 is 28.3 Å². The molecule has 0 spiro atoms. The first kappa shape index (κ1) is 11.2. The normalized spacial score (nSPS) is 11.2. The van der Waals surface area contributed by atoms with E-state index < -0.39 is 0 Å². The van der Waals surface area contributed by atoms with Crippen LogP contribution in [0.1, 0.15) is 11.4 Å². The van der Waals surface area contributed by atoms with Gasteiger partial charge < -0.3 is 10.3 Å². The molecule has 0 atom stereocenters. The molecule has 3 rings (SSSR count). The third-order valence-electron chi connectivity index (χ3n) is 2.85. The Morgan fingerprint density at radius 3 is 3.00 bits per heavy atom. The predicted molar refractivity (Wildman–Crippen MR) is 72.4 cm³/mol. The zero-order valence-electron chi connectivity index (χ0n) is 10.00. The molecular weight excluding hydrogens is 246 g/mol. The number of rotatable bonds is 3. The molecule has 0 aliphatic heterocycles. The van der Waals surface area contributed by atoms with Crippen LogP contribution >= 0.6 is 11.3 Å².